The molecule has 1 saturated heterocycles. The van der Waals surface area contributed by atoms with Gasteiger partial charge in [-0.1, -0.05) is 48.5 Å². The first-order valence-electron chi connectivity index (χ1n) is 11.9. The lowest BCUT2D eigenvalue weighted by atomic mass is 9.90. The predicted octanol–water partition coefficient (Wildman–Crippen LogP) is 4.22. The summed E-state index contributed by atoms with van der Waals surface area (Å²) in [6.45, 7) is 7.59. The maximum absolute atomic E-state index is 13.8. The molecule has 2 heterocycles. The molecule has 3 unspecified atom stereocenters. The summed E-state index contributed by atoms with van der Waals surface area (Å²) < 4.78 is 17.2. The summed E-state index contributed by atoms with van der Waals surface area (Å²) in [5.74, 6) is -1.15. The number of alkyl carbamates (subject to hydrolysis) is 1. The molecule has 3 aromatic rings. The van der Waals surface area contributed by atoms with Crippen molar-refractivity contribution in [2.45, 2.75) is 57.6 Å². The zero-order valence-corrected chi connectivity index (χ0v) is 20.6. The van der Waals surface area contributed by atoms with E-state index >= 15 is 0 Å². The van der Waals surface area contributed by atoms with E-state index in [1.165, 1.54) is 0 Å². The van der Waals surface area contributed by atoms with E-state index in [1.807, 2.05) is 74.6 Å². The van der Waals surface area contributed by atoms with E-state index in [-0.39, 0.29) is 25.5 Å². The van der Waals surface area contributed by atoms with Gasteiger partial charge < -0.3 is 29.8 Å². The van der Waals surface area contributed by atoms with Crippen LogP contribution in [-0.2, 0) is 25.4 Å². The first-order valence-corrected chi connectivity index (χ1v) is 11.9. The van der Waals surface area contributed by atoms with Crippen LogP contribution in [0.5, 0.6) is 0 Å². The molecule has 1 aliphatic rings. The first kappa shape index (κ1) is 24.8. The molecule has 0 radical (unpaired) electrons. The third-order valence-electron chi connectivity index (χ3n) is 6.20. The third kappa shape index (κ3) is 5.66. The molecule has 2 aromatic carbocycles. The number of ether oxygens (including phenoxy) is 3. The van der Waals surface area contributed by atoms with Crippen molar-refractivity contribution >= 4 is 22.9 Å². The average molecular weight is 480 g/mol. The summed E-state index contributed by atoms with van der Waals surface area (Å²) in [5, 5.41) is 6.86. The fraction of sp³-hybridized carbons (Fsp3) is 0.407. The number of para-hydroxylation sites is 1. The number of hydrogen-bond donors (Lipinski definition) is 3. The summed E-state index contributed by atoms with van der Waals surface area (Å²) >= 11 is 0. The Morgan fingerprint density at radius 2 is 1.86 bits per heavy atom. The molecule has 1 aromatic heterocycles. The van der Waals surface area contributed by atoms with E-state index in [0.29, 0.717) is 0 Å². The van der Waals surface area contributed by atoms with Gasteiger partial charge in [0.15, 0.2) is 5.79 Å². The van der Waals surface area contributed by atoms with E-state index < -0.39 is 29.6 Å². The quantitative estimate of drug-likeness (QED) is 0.471. The Hall–Kier alpha value is -3.36. The first-order chi connectivity index (χ1) is 16.7. The molecule has 8 nitrogen and oxygen atoms in total. The number of carbonyl (C=O) groups is 2. The highest BCUT2D eigenvalue weighted by molar-refractivity contribution is 5.91. The van der Waals surface area contributed by atoms with Crippen LogP contribution in [0, 0.1) is 0 Å². The highest BCUT2D eigenvalue weighted by Crippen LogP contribution is 2.33. The maximum Gasteiger partial charge on any atom is 0.407 e. The van der Waals surface area contributed by atoms with E-state index in [0.717, 1.165) is 22.0 Å². The molecule has 0 bridgehead atoms. The number of rotatable bonds is 7. The number of H-pyrrole nitrogens is 1. The Morgan fingerprint density at radius 1 is 1.14 bits per heavy atom. The van der Waals surface area contributed by atoms with Gasteiger partial charge in [0.05, 0.1) is 19.3 Å². The molecule has 2 amide bonds. The van der Waals surface area contributed by atoms with Gasteiger partial charge in [0.2, 0.25) is 5.91 Å². The minimum absolute atomic E-state index is 0.200. The smallest absolute Gasteiger partial charge is 0.407 e. The molecule has 1 aliphatic heterocycles. The monoisotopic (exact) mass is 479 g/mol. The molecule has 3 atom stereocenters. The molecule has 0 spiro atoms. The fourth-order valence-corrected chi connectivity index (χ4v) is 4.42. The summed E-state index contributed by atoms with van der Waals surface area (Å²) in [6.07, 6.45) is 1.06. The second-order valence-corrected chi connectivity index (χ2v) is 9.45. The lowest BCUT2D eigenvalue weighted by molar-refractivity contribution is -0.285. The summed E-state index contributed by atoms with van der Waals surface area (Å²) in [5.41, 5.74) is 1.52. The number of fused-ring (bicyclic) bond motifs is 1. The van der Waals surface area contributed by atoms with Crippen molar-refractivity contribution in [2.24, 2.45) is 0 Å². The number of hydrogen-bond acceptors (Lipinski definition) is 5. The van der Waals surface area contributed by atoms with E-state index in [1.54, 1.807) is 13.8 Å². The lowest BCUT2D eigenvalue weighted by Gasteiger charge is -2.42. The lowest BCUT2D eigenvalue weighted by Crippen LogP contribution is -2.62. The highest BCUT2D eigenvalue weighted by Gasteiger charge is 2.42. The Labute approximate surface area is 205 Å². The highest BCUT2D eigenvalue weighted by atomic mass is 16.7. The minimum atomic E-state index is -1.29. The second kappa shape index (κ2) is 10.1. The van der Waals surface area contributed by atoms with Crippen LogP contribution in [0.25, 0.3) is 10.9 Å². The van der Waals surface area contributed by atoms with E-state index in [2.05, 4.69) is 15.6 Å². The normalized spacial score (nSPS) is 21.1. The van der Waals surface area contributed by atoms with Gasteiger partial charge in [-0.2, -0.15) is 0 Å². The largest absolute Gasteiger partial charge is 0.450 e. The Bertz CT molecular complexity index is 1180. The molecule has 35 heavy (non-hydrogen) atoms. The van der Waals surface area contributed by atoms with E-state index in [4.69, 9.17) is 14.2 Å². The summed E-state index contributed by atoms with van der Waals surface area (Å²) in [4.78, 5) is 29.5. The number of benzene rings is 2. The molecule has 186 valence electrons. The van der Waals surface area contributed by atoms with Gasteiger partial charge in [-0.25, -0.2) is 4.79 Å². The number of aromatic nitrogens is 1. The van der Waals surface area contributed by atoms with Crippen LogP contribution in [-0.4, -0.2) is 47.6 Å². The van der Waals surface area contributed by atoms with Crippen LogP contribution >= 0.6 is 0 Å². The zero-order chi connectivity index (χ0) is 25.1. The SMILES string of the molecule is CCOC(=O)NC(C)(Cc1c[nH]c2ccccc12)C(=O)NC1COC(C)(C)OC1c1ccccc1. The fourth-order valence-electron chi connectivity index (χ4n) is 4.42. The van der Waals surface area contributed by atoms with Crippen LogP contribution in [0.2, 0.25) is 0 Å². The molecule has 8 heteroatoms. The van der Waals surface area contributed by atoms with Gasteiger partial charge in [-0.15, -0.1) is 0 Å². The number of aromatic amines is 1. The van der Waals surface area contributed by atoms with Crippen LogP contribution in [0.1, 0.15) is 44.9 Å². The van der Waals surface area contributed by atoms with Crippen LogP contribution in [0.4, 0.5) is 4.79 Å². The molecule has 1 fully saturated rings. The van der Waals surface area contributed by atoms with Crippen molar-refractivity contribution in [1.29, 1.82) is 0 Å². The molecule has 3 N–H and O–H groups in total. The van der Waals surface area contributed by atoms with Crippen molar-refractivity contribution in [1.82, 2.24) is 15.6 Å². The van der Waals surface area contributed by atoms with E-state index in [9.17, 15) is 9.59 Å². The van der Waals surface area contributed by atoms with Gasteiger partial charge >= 0.3 is 6.09 Å². The summed E-state index contributed by atoms with van der Waals surface area (Å²) in [7, 11) is 0. The number of nitrogens with one attached hydrogen (secondary N) is 3. The Kier molecular flexibility index (Phi) is 7.14. The van der Waals surface area contributed by atoms with Gasteiger partial charge in [0, 0.05) is 23.5 Å². The van der Waals surface area contributed by atoms with Crippen LogP contribution < -0.4 is 10.6 Å². The molecule has 0 saturated carbocycles. The molecular weight excluding hydrogens is 446 g/mol. The van der Waals surface area contributed by atoms with Gasteiger partial charge in [-0.3, -0.25) is 4.79 Å². The Morgan fingerprint density at radius 3 is 2.60 bits per heavy atom. The van der Waals surface area contributed by atoms with Crippen molar-refractivity contribution in [2.75, 3.05) is 13.2 Å². The van der Waals surface area contributed by atoms with Gasteiger partial charge in [0.25, 0.3) is 0 Å². The third-order valence-corrected chi connectivity index (χ3v) is 6.20. The zero-order valence-electron chi connectivity index (χ0n) is 20.6. The molecule has 0 aliphatic carbocycles. The van der Waals surface area contributed by atoms with Crippen LogP contribution in [0.3, 0.4) is 0 Å². The maximum atomic E-state index is 13.8. The van der Waals surface area contributed by atoms with Crippen molar-refractivity contribution in [3.05, 3.63) is 71.9 Å². The average Bonchev–Trinajstić information content (AvgIpc) is 3.23. The molecule has 4 rings (SSSR count). The predicted molar refractivity (Wildman–Crippen MR) is 133 cm³/mol. The second-order valence-electron chi connectivity index (χ2n) is 9.45. The van der Waals surface area contributed by atoms with Crippen molar-refractivity contribution in [3.8, 4) is 0 Å². The molecular formula is C27H33N3O5. The topological polar surface area (TPSA) is 102 Å². The van der Waals surface area contributed by atoms with Crippen molar-refractivity contribution in [3.63, 3.8) is 0 Å². The number of amides is 2. The summed E-state index contributed by atoms with van der Waals surface area (Å²) in [6, 6.07) is 17.1. The van der Waals surface area contributed by atoms with Crippen LogP contribution in [0.15, 0.2) is 60.8 Å². The Balaban J connectivity index is 1.61. The van der Waals surface area contributed by atoms with Crippen molar-refractivity contribution < 1.29 is 23.8 Å². The van der Waals surface area contributed by atoms with Gasteiger partial charge in [-0.05, 0) is 44.9 Å². The number of carbonyl (C=O) groups excluding carboxylic acids is 2. The van der Waals surface area contributed by atoms with Gasteiger partial charge in [0.1, 0.15) is 11.6 Å². The minimum Gasteiger partial charge on any atom is -0.450 e. The standard InChI is InChI=1S/C27H33N3O5/c1-5-33-25(32)30-27(4,15-19-16-28-21-14-10-9-13-20(19)21)24(31)29-22-17-34-26(2,3)35-23(22)18-11-7-6-8-12-18/h6-14,16,22-23,28H,5,15,17H2,1-4H3,(H,29,31)(H,30,32).